The third-order valence-electron chi connectivity index (χ3n) is 3.80. The Labute approximate surface area is 108 Å². The first kappa shape index (κ1) is 13.1. The molecule has 0 radical (unpaired) electrons. The Morgan fingerprint density at radius 1 is 1.33 bits per heavy atom. The first-order valence-electron chi connectivity index (χ1n) is 6.55. The quantitative estimate of drug-likeness (QED) is 0.850. The predicted molar refractivity (Wildman–Crippen MR) is 75.6 cm³/mol. The number of para-hydroxylation sites is 1. The van der Waals surface area contributed by atoms with Gasteiger partial charge < -0.3 is 15.0 Å². The van der Waals surface area contributed by atoms with Crippen LogP contribution in [0.15, 0.2) is 30.5 Å². The molecule has 0 saturated heterocycles. The molecule has 0 spiro atoms. The third-order valence-corrected chi connectivity index (χ3v) is 3.80. The molecule has 0 saturated carbocycles. The molecule has 2 rings (SSSR count). The van der Waals surface area contributed by atoms with Gasteiger partial charge in [-0.05, 0) is 25.1 Å². The van der Waals surface area contributed by atoms with Crippen LogP contribution in [0, 0.1) is 5.92 Å². The lowest BCUT2D eigenvalue weighted by Gasteiger charge is -2.24. The highest BCUT2D eigenvalue weighted by Crippen LogP contribution is 2.31. The van der Waals surface area contributed by atoms with Gasteiger partial charge in [-0.15, -0.1) is 0 Å². The first-order chi connectivity index (χ1) is 8.72. The zero-order valence-corrected chi connectivity index (χ0v) is 11.4. The van der Waals surface area contributed by atoms with Crippen LogP contribution in [0.2, 0.25) is 0 Å². The summed E-state index contributed by atoms with van der Waals surface area (Å²) in [6.45, 7) is 2.33. The number of nitrogens with one attached hydrogen (secondary N) is 1. The minimum atomic E-state index is 0.200. The number of aliphatic hydroxyl groups is 1. The Balaban J connectivity index is 2.51. The van der Waals surface area contributed by atoms with Gasteiger partial charge in [0.05, 0.1) is 0 Å². The second kappa shape index (κ2) is 5.55. The summed E-state index contributed by atoms with van der Waals surface area (Å²) in [6.07, 6.45) is 3.13. The van der Waals surface area contributed by atoms with Crippen LogP contribution in [-0.2, 0) is 7.05 Å². The van der Waals surface area contributed by atoms with E-state index < -0.39 is 0 Å². The zero-order valence-electron chi connectivity index (χ0n) is 11.4. The molecule has 98 valence electrons. The number of nitrogens with zero attached hydrogens (tertiary/aromatic N) is 1. The van der Waals surface area contributed by atoms with Crippen molar-refractivity contribution in [2.75, 3.05) is 13.7 Å². The molecule has 1 aromatic heterocycles. The Morgan fingerprint density at radius 2 is 2.06 bits per heavy atom. The van der Waals surface area contributed by atoms with Crippen LogP contribution in [0.3, 0.4) is 0 Å². The fourth-order valence-electron chi connectivity index (χ4n) is 2.74. The van der Waals surface area contributed by atoms with Gasteiger partial charge in [-0.25, -0.2) is 0 Å². The molecule has 2 N–H and O–H groups in total. The Kier molecular flexibility index (Phi) is 4.04. The average molecular weight is 246 g/mol. The third kappa shape index (κ3) is 2.16. The summed E-state index contributed by atoms with van der Waals surface area (Å²) in [7, 11) is 4.03. The molecule has 0 aliphatic heterocycles. The summed E-state index contributed by atoms with van der Waals surface area (Å²) >= 11 is 0. The van der Waals surface area contributed by atoms with Crippen LogP contribution < -0.4 is 5.32 Å². The normalized spacial score (nSPS) is 14.9. The Bertz CT molecular complexity index is 514. The summed E-state index contributed by atoms with van der Waals surface area (Å²) in [6, 6.07) is 8.61. The van der Waals surface area contributed by atoms with E-state index in [2.05, 4.69) is 54.3 Å². The van der Waals surface area contributed by atoms with Gasteiger partial charge in [0.15, 0.2) is 0 Å². The molecule has 2 atom stereocenters. The number of aliphatic hydroxyl groups excluding tert-OH is 1. The van der Waals surface area contributed by atoms with Gasteiger partial charge in [-0.2, -0.15) is 0 Å². The maximum Gasteiger partial charge on any atom is 0.0481 e. The van der Waals surface area contributed by atoms with Gasteiger partial charge in [-0.3, -0.25) is 0 Å². The predicted octanol–water partition coefficient (Wildman–Crippen LogP) is 2.46. The molecule has 2 unspecified atom stereocenters. The second-order valence-electron chi connectivity index (χ2n) is 4.83. The van der Waals surface area contributed by atoms with E-state index in [0.717, 1.165) is 6.42 Å². The summed E-state index contributed by atoms with van der Waals surface area (Å²) < 4.78 is 2.15. The molecule has 1 aromatic carbocycles. The van der Waals surface area contributed by atoms with E-state index in [1.807, 2.05) is 7.05 Å². The molecule has 0 bridgehead atoms. The van der Waals surface area contributed by atoms with Crippen molar-refractivity contribution in [3.8, 4) is 0 Å². The van der Waals surface area contributed by atoms with Crippen LogP contribution in [0.25, 0.3) is 10.9 Å². The van der Waals surface area contributed by atoms with E-state index in [1.165, 1.54) is 16.5 Å². The molecule has 0 aliphatic carbocycles. The van der Waals surface area contributed by atoms with Crippen LogP contribution in [-0.4, -0.2) is 23.3 Å². The topological polar surface area (TPSA) is 37.2 Å². The lowest BCUT2D eigenvalue weighted by molar-refractivity contribution is 0.189. The van der Waals surface area contributed by atoms with Crippen molar-refractivity contribution in [3.63, 3.8) is 0 Å². The van der Waals surface area contributed by atoms with Crippen molar-refractivity contribution in [2.45, 2.75) is 19.4 Å². The van der Waals surface area contributed by atoms with Crippen molar-refractivity contribution in [1.29, 1.82) is 0 Å². The number of benzene rings is 1. The standard InChI is InChI=1S/C15H22N2O/c1-4-11(10-18)15(16-2)13-9-17(3)14-8-6-5-7-12(13)14/h5-9,11,15-16,18H,4,10H2,1-3H3. The first-order valence-corrected chi connectivity index (χ1v) is 6.55. The molecule has 3 heteroatoms. The number of rotatable bonds is 5. The van der Waals surface area contributed by atoms with Gasteiger partial charge in [0.2, 0.25) is 0 Å². The second-order valence-corrected chi connectivity index (χ2v) is 4.83. The number of aromatic nitrogens is 1. The van der Waals surface area contributed by atoms with E-state index in [0.29, 0.717) is 0 Å². The van der Waals surface area contributed by atoms with E-state index in [1.54, 1.807) is 0 Å². The Morgan fingerprint density at radius 3 is 2.67 bits per heavy atom. The maximum atomic E-state index is 9.52. The number of hydrogen-bond donors (Lipinski definition) is 2. The lowest BCUT2D eigenvalue weighted by Crippen LogP contribution is -2.27. The highest BCUT2D eigenvalue weighted by atomic mass is 16.3. The highest BCUT2D eigenvalue weighted by Gasteiger charge is 2.22. The van der Waals surface area contributed by atoms with Gasteiger partial charge in [-0.1, -0.05) is 25.1 Å². The molecule has 0 amide bonds. The average Bonchev–Trinajstić information content (AvgIpc) is 2.74. The molecule has 3 nitrogen and oxygen atoms in total. The van der Waals surface area contributed by atoms with Crippen LogP contribution >= 0.6 is 0 Å². The molecule has 0 aliphatic rings. The fraction of sp³-hybridized carbons (Fsp3) is 0.467. The van der Waals surface area contributed by atoms with Crippen molar-refractivity contribution < 1.29 is 5.11 Å². The fourth-order valence-corrected chi connectivity index (χ4v) is 2.74. The van der Waals surface area contributed by atoms with Gasteiger partial charge in [0.1, 0.15) is 0 Å². The Hall–Kier alpha value is -1.32. The van der Waals surface area contributed by atoms with E-state index in [-0.39, 0.29) is 18.6 Å². The van der Waals surface area contributed by atoms with Crippen molar-refractivity contribution >= 4 is 10.9 Å². The summed E-state index contributed by atoms with van der Waals surface area (Å²) in [4.78, 5) is 0. The summed E-state index contributed by atoms with van der Waals surface area (Å²) in [5.74, 6) is 0.251. The van der Waals surface area contributed by atoms with E-state index >= 15 is 0 Å². The number of aryl methyl sites for hydroxylation is 1. The SMILES string of the molecule is CCC(CO)C(NC)c1cn(C)c2ccccc12. The minimum absolute atomic E-state index is 0.200. The number of hydrogen-bond acceptors (Lipinski definition) is 2. The summed E-state index contributed by atoms with van der Waals surface area (Å²) in [5, 5.41) is 14.1. The van der Waals surface area contributed by atoms with Crippen LogP contribution in [0.4, 0.5) is 0 Å². The number of fused-ring (bicyclic) bond motifs is 1. The zero-order chi connectivity index (χ0) is 13.1. The van der Waals surface area contributed by atoms with Crippen LogP contribution in [0.1, 0.15) is 24.9 Å². The largest absolute Gasteiger partial charge is 0.396 e. The van der Waals surface area contributed by atoms with Crippen LogP contribution in [0.5, 0.6) is 0 Å². The lowest BCUT2D eigenvalue weighted by atomic mass is 9.91. The monoisotopic (exact) mass is 246 g/mol. The van der Waals surface area contributed by atoms with Crippen molar-refractivity contribution in [3.05, 3.63) is 36.0 Å². The maximum absolute atomic E-state index is 9.52. The molecular formula is C15H22N2O. The molecule has 1 heterocycles. The molecule has 18 heavy (non-hydrogen) atoms. The molecular weight excluding hydrogens is 224 g/mol. The van der Waals surface area contributed by atoms with Gasteiger partial charge in [0, 0.05) is 42.7 Å². The van der Waals surface area contributed by atoms with E-state index in [4.69, 9.17) is 0 Å². The molecule has 0 fully saturated rings. The van der Waals surface area contributed by atoms with Gasteiger partial charge in [0.25, 0.3) is 0 Å². The smallest absolute Gasteiger partial charge is 0.0481 e. The van der Waals surface area contributed by atoms with Crippen molar-refractivity contribution in [1.82, 2.24) is 9.88 Å². The molecule has 2 aromatic rings. The van der Waals surface area contributed by atoms with E-state index in [9.17, 15) is 5.11 Å². The summed E-state index contributed by atoms with van der Waals surface area (Å²) in [5.41, 5.74) is 2.51. The highest BCUT2D eigenvalue weighted by molar-refractivity contribution is 5.84. The van der Waals surface area contributed by atoms with Crippen molar-refractivity contribution in [2.24, 2.45) is 13.0 Å². The van der Waals surface area contributed by atoms with Gasteiger partial charge >= 0.3 is 0 Å². The minimum Gasteiger partial charge on any atom is -0.396 e.